The van der Waals surface area contributed by atoms with E-state index in [0.29, 0.717) is 5.56 Å². The molecule has 0 fully saturated rings. The lowest BCUT2D eigenvalue weighted by atomic mass is 10.1. The summed E-state index contributed by atoms with van der Waals surface area (Å²) in [7, 11) is 1.30. The Morgan fingerprint density at radius 3 is 2.43 bits per heavy atom. The van der Waals surface area contributed by atoms with Crippen LogP contribution in [-0.2, 0) is 16.0 Å². The Labute approximate surface area is 81.8 Å². The molecule has 4 nitrogen and oxygen atoms in total. The first kappa shape index (κ1) is 10.4. The van der Waals surface area contributed by atoms with E-state index in [4.69, 9.17) is 0 Å². The number of benzene rings is 1. The highest BCUT2D eigenvalue weighted by Crippen LogP contribution is 2.27. The third kappa shape index (κ3) is 2.39. The third-order valence-electron chi connectivity index (χ3n) is 1.93. The number of carbonyl (C=O) groups is 1. The molecule has 0 aliphatic carbocycles. The van der Waals surface area contributed by atoms with Crippen molar-refractivity contribution in [2.24, 2.45) is 0 Å². The molecule has 0 unspecified atom stereocenters. The van der Waals surface area contributed by atoms with E-state index < -0.39 is 0 Å². The maximum absolute atomic E-state index is 10.8. The SMILES string of the molecule is COC(=O)CCc1c(O)cccc1O. The van der Waals surface area contributed by atoms with E-state index in [9.17, 15) is 15.0 Å². The zero-order valence-electron chi connectivity index (χ0n) is 7.86. The van der Waals surface area contributed by atoms with E-state index in [1.54, 1.807) is 0 Å². The molecular weight excluding hydrogens is 184 g/mol. The molecule has 0 aromatic heterocycles. The maximum atomic E-state index is 10.8. The number of rotatable bonds is 3. The van der Waals surface area contributed by atoms with Crippen LogP contribution >= 0.6 is 0 Å². The Kier molecular flexibility index (Phi) is 3.34. The minimum Gasteiger partial charge on any atom is -0.508 e. The molecule has 1 rings (SSSR count). The van der Waals surface area contributed by atoms with Crippen molar-refractivity contribution in [1.82, 2.24) is 0 Å². The van der Waals surface area contributed by atoms with Crippen LogP contribution in [0.15, 0.2) is 18.2 Å². The number of hydrogen-bond donors (Lipinski definition) is 2. The predicted octanol–water partition coefficient (Wildman–Crippen LogP) is 1.20. The number of esters is 1. The molecule has 0 spiro atoms. The Morgan fingerprint density at radius 2 is 1.93 bits per heavy atom. The molecule has 0 aliphatic rings. The summed E-state index contributed by atoms with van der Waals surface area (Å²) in [5, 5.41) is 18.7. The number of methoxy groups -OCH3 is 1. The van der Waals surface area contributed by atoms with Crippen molar-refractivity contribution in [3.63, 3.8) is 0 Å². The Morgan fingerprint density at radius 1 is 1.36 bits per heavy atom. The van der Waals surface area contributed by atoms with Crippen LogP contribution < -0.4 is 0 Å². The first-order chi connectivity index (χ1) is 6.65. The van der Waals surface area contributed by atoms with Crippen LogP contribution in [0.5, 0.6) is 11.5 Å². The fraction of sp³-hybridized carbons (Fsp3) is 0.300. The molecule has 0 saturated heterocycles. The van der Waals surface area contributed by atoms with Crippen molar-refractivity contribution in [2.45, 2.75) is 12.8 Å². The van der Waals surface area contributed by atoms with Crippen LogP contribution in [0.3, 0.4) is 0 Å². The van der Waals surface area contributed by atoms with Crippen LogP contribution in [0.25, 0.3) is 0 Å². The van der Waals surface area contributed by atoms with Gasteiger partial charge in [0.25, 0.3) is 0 Å². The monoisotopic (exact) mass is 196 g/mol. The van der Waals surface area contributed by atoms with Crippen molar-refractivity contribution in [3.8, 4) is 11.5 Å². The lowest BCUT2D eigenvalue weighted by Gasteiger charge is -2.05. The highest BCUT2D eigenvalue weighted by atomic mass is 16.5. The molecule has 0 radical (unpaired) electrons. The summed E-state index contributed by atoms with van der Waals surface area (Å²) < 4.78 is 4.45. The average Bonchev–Trinajstić information content (AvgIpc) is 2.16. The van der Waals surface area contributed by atoms with Gasteiger partial charge in [0.1, 0.15) is 11.5 Å². The summed E-state index contributed by atoms with van der Waals surface area (Å²) in [6.45, 7) is 0. The molecule has 1 aromatic carbocycles. The summed E-state index contributed by atoms with van der Waals surface area (Å²) in [4.78, 5) is 10.8. The van der Waals surface area contributed by atoms with Gasteiger partial charge in [-0.3, -0.25) is 4.79 Å². The summed E-state index contributed by atoms with van der Waals surface area (Å²) in [5.74, 6) is -0.379. The minimum absolute atomic E-state index is 0.00565. The first-order valence-electron chi connectivity index (χ1n) is 4.21. The number of phenolic OH excluding ortho intramolecular Hbond substituents is 2. The van der Waals surface area contributed by atoms with E-state index >= 15 is 0 Å². The van der Waals surface area contributed by atoms with Gasteiger partial charge in [-0.15, -0.1) is 0 Å². The molecule has 0 saturated carbocycles. The fourth-order valence-corrected chi connectivity index (χ4v) is 1.15. The van der Waals surface area contributed by atoms with E-state index in [-0.39, 0.29) is 30.3 Å². The topological polar surface area (TPSA) is 66.8 Å². The highest BCUT2D eigenvalue weighted by Gasteiger charge is 2.09. The van der Waals surface area contributed by atoms with Gasteiger partial charge >= 0.3 is 5.97 Å². The lowest BCUT2D eigenvalue weighted by Crippen LogP contribution is -2.02. The van der Waals surface area contributed by atoms with Gasteiger partial charge in [-0.05, 0) is 18.6 Å². The van der Waals surface area contributed by atoms with Gasteiger partial charge in [0.05, 0.1) is 7.11 Å². The molecule has 0 bridgehead atoms. The smallest absolute Gasteiger partial charge is 0.305 e. The number of aromatic hydroxyl groups is 2. The molecular formula is C10H12O4. The number of hydrogen-bond acceptors (Lipinski definition) is 4. The molecule has 4 heteroatoms. The van der Waals surface area contributed by atoms with Crippen LogP contribution in [0.4, 0.5) is 0 Å². The van der Waals surface area contributed by atoms with Gasteiger partial charge in [0, 0.05) is 12.0 Å². The minimum atomic E-state index is -0.368. The Balaban J connectivity index is 2.71. The van der Waals surface area contributed by atoms with Crippen molar-refractivity contribution >= 4 is 5.97 Å². The van der Waals surface area contributed by atoms with E-state index in [0.717, 1.165) is 0 Å². The third-order valence-corrected chi connectivity index (χ3v) is 1.93. The molecule has 14 heavy (non-hydrogen) atoms. The number of carbonyl (C=O) groups excluding carboxylic acids is 1. The molecule has 1 aromatic rings. The van der Waals surface area contributed by atoms with Gasteiger partial charge in [-0.2, -0.15) is 0 Å². The Hall–Kier alpha value is -1.71. The van der Waals surface area contributed by atoms with E-state index in [1.165, 1.54) is 25.3 Å². The van der Waals surface area contributed by atoms with E-state index in [2.05, 4.69) is 4.74 Å². The van der Waals surface area contributed by atoms with Crippen LogP contribution in [0.2, 0.25) is 0 Å². The maximum Gasteiger partial charge on any atom is 0.305 e. The van der Waals surface area contributed by atoms with Gasteiger partial charge < -0.3 is 14.9 Å². The van der Waals surface area contributed by atoms with Gasteiger partial charge in [-0.1, -0.05) is 6.07 Å². The fourth-order valence-electron chi connectivity index (χ4n) is 1.15. The zero-order chi connectivity index (χ0) is 10.6. The molecule has 0 heterocycles. The normalized spacial score (nSPS) is 9.79. The predicted molar refractivity (Wildman–Crippen MR) is 50.1 cm³/mol. The number of ether oxygens (including phenoxy) is 1. The molecule has 2 N–H and O–H groups in total. The second kappa shape index (κ2) is 4.50. The molecule has 76 valence electrons. The summed E-state index contributed by atoms with van der Waals surface area (Å²) in [6.07, 6.45) is 0.410. The molecule has 0 amide bonds. The van der Waals surface area contributed by atoms with Gasteiger partial charge in [0.2, 0.25) is 0 Å². The molecule has 0 atom stereocenters. The van der Waals surface area contributed by atoms with Gasteiger partial charge in [-0.25, -0.2) is 0 Å². The standard InChI is InChI=1S/C10H12O4/c1-14-10(13)6-5-7-8(11)3-2-4-9(7)12/h2-4,11-12H,5-6H2,1H3. The second-order valence-corrected chi connectivity index (χ2v) is 2.85. The lowest BCUT2D eigenvalue weighted by molar-refractivity contribution is -0.140. The molecule has 0 aliphatic heterocycles. The summed E-state index contributed by atoms with van der Waals surface area (Å²) in [6, 6.07) is 4.46. The second-order valence-electron chi connectivity index (χ2n) is 2.85. The summed E-state index contributed by atoms with van der Waals surface area (Å²) >= 11 is 0. The van der Waals surface area contributed by atoms with Crippen LogP contribution in [0, 0.1) is 0 Å². The quantitative estimate of drug-likeness (QED) is 0.713. The first-order valence-corrected chi connectivity index (χ1v) is 4.21. The van der Waals surface area contributed by atoms with Crippen LogP contribution in [-0.4, -0.2) is 23.3 Å². The van der Waals surface area contributed by atoms with Crippen molar-refractivity contribution in [2.75, 3.05) is 7.11 Å². The summed E-state index contributed by atoms with van der Waals surface area (Å²) in [5.41, 5.74) is 0.373. The Bertz CT molecular complexity index is 313. The van der Waals surface area contributed by atoms with Crippen LogP contribution in [0.1, 0.15) is 12.0 Å². The highest BCUT2D eigenvalue weighted by molar-refractivity contribution is 5.69. The average molecular weight is 196 g/mol. The number of phenols is 2. The van der Waals surface area contributed by atoms with Gasteiger partial charge in [0.15, 0.2) is 0 Å². The van der Waals surface area contributed by atoms with Crippen molar-refractivity contribution < 1.29 is 19.7 Å². The van der Waals surface area contributed by atoms with Crippen molar-refractivity contribution in [1.29, 1.82) is 0 Å². The largest absolute Gasteiger partial charge is 0.508 e. The van der Waals surface area contributed by atoms with Crippen molar-refractivity contribution in [3.05, 3.63) is 23.8 Å². The van der Waals surface area contributed by atoms with E-state index in [1.807, 2.05) is 0 Å². The zero-order valence-corrected chi connectivity index (χ0v) is 7.86.